The summed E-state index contributed by atoms with van der Waals surface area (Å²) in [6.45, 7) is 0. The highest BCUT2D eigenvalue weighted by Gasteiger charge is 2.16. The summed E-state index contributed by atoms with van der Waals surface area (Å²) < 4.78 is 0.972. The van der Waals surface area contributed by atoms with Crippen LogP contribution in [0.1, 0.15) is 10.4 Å². The Morgan fingerprint density at radius 2 is 1.81 bits per heavy atom. The summed E-state index contributed by atoms with van der Waals surface area (Å²) in [5, 5.41) is 14.0. The molecular weight excluding hydrogens is 427 g/mol. The Hall–Kier alpha value is -1.44. The van der Waals surface area contributed by atoms with Gasteiger partial charge in [-0.3, -0.25) is 14.9 Å². The van der Waals surface area contributed by atoms with E-state index in [2.05, 4.69) is 37.2 Å². The van der Waals surface area contributed by atoms with Crippen LogP contribution in [0, 0.1) is 10.1 Å². The van der Waals surface area contributed by atoms with Crippen LogP contribution in [-0.4, -0.2) is 10.8 Å². The molecule has 5 nitrogen and oxygen atoms in total. The highest BCUT2D eigenvalue weighted by Crippen LogP contribution is 2.28. The highest BCUT2D eigenvalue weighted by atomic mass is 79.9. The SMILES string of the molecule is O=C(Nc1cc(Cl)ccc1Br)c1ccc(Br)c([N+](=O)[O-])c1. The fraction of sp³-hybridized carbons (Fsp3) is 0. The molecule has 1 N–H and O–H groups in total. The molecule has 1 amide bonds. The highest BCUT2D eigenvalue weighted by molar-refractivity contribution is 9.11. The van der Waals surface area contributed by atoms with Crippen molar-refractivity contribution in [1.82, 2.24) is 0 Å². The van der Waals surface area contributed by atoms with E-state index in [1.165, 1.54) is 18.2 Å². The molecule has 0 aromatic heterocycles. The van der Waals surface area contributed by atoms with Gasteiger partial charge in [0.15, 0.2) is 0 Å². The molecule has 2 rings (SSSR count). The fourth-order valence-corrected chi connectivity index (χ4v) is 2.49. The number of carbonyl (C=O) groups excluding carboxylic acids is 1. The standard InChI is InChI=1S/C13H7Br2ClN2O3/c14-9-4-2-8(16)6-11(9)17-13(19)7-1-3-10(15)12(5-7)18(20)21/h1-6H,(H,17,19). The van der Waals surface area contributed by atoms with Gasteiger partial charge < -0.3 is 5.32 Å². The first-order chi connectivity index (χ1) is 9.88. The lowest BCUT2D eigenvalue weighted by molar-refractivity contribution is -0.385. The van der Waals surface area contributed by atoms with E-state index >= 15 is 0 Å². The number of benzene rings is 2. The lowest BCUT2D eigenvalue weighted by Crippen LogP contribution is -2.12. The van der Waals surface area contributed by atoms with Crippen molar-refractivity contribution in [1.29, 1.82) is 0 Å². The Balaban J connectivity index is 2.30. The molecule has 0 saturated carbocycles. The number of nitro groups is 1. The second kappa shape index (κ2) is 6.55. The summed E-state index contributed by atoms with van der Waals surface area (Å²) in [6, 6.07) is 9.10. The lowest BCUT2D eigenvalue weighted by Gasteiger charge is -2.08. The molecule has 0 aliphatic heterocycles. The van der Waals surface area contributed by atoms with E-state index in [1.807, 2.05) is 0 Å². The predicted molar refractivity (Wildman–Crippen MR) is 87.9 cm³/mol. The Morgan fingerprint density at radius 1 is 1.14 bits per heavy atom. The van der Waals surface area contributed by atoms with Gasteiger partial charge in [-0.05, 0) is 62.2 Å². The maximum absolute atomic E-state index is 12.2. The molecule has 0 heterocycles. The summed E-state index contributed by atoms with van der Waals surface area (Å²) in [4.78, 5) is 22.5. The first-order valence-corrected chi connectivity index (χ1v) is 7.55. The fourth-order valence-electron chi connectivity index (χ4n) is 1.58. The molecule has 0 aliphatic carbocycles. The summed E-state index contributed by atoms with van der Waals surface area (Å²) >= 11 is 12.2. The average molecular weight is 434 g/mol. The number of rotatable bonds is 3. The Labute approximate surface area is 141 Å². The quantitative estimate of drug-likeness (QED) is 0.544. The molecule has 0 bridgehead atoms. The van der Waals surface area contributed by atoms with Crippen LogP contribution >= 0.6 is 43.5 Å². The van der Waals surface area contributed by atoms with E-state index in [0.717, 1.165) is 0 Å². The van der Waals surface area contributed by atoms with E-state index in [0.29, 0.717) is 19.7 Å². The van der Waals surface area contributed by atoms with Gasteiger partial charge in [0.25, 0.3) is 11.6 Å². The van der Waals surface area contributed by atoms with E-state index < -0.39 is 10.8 Å². The van der Waals surface area contributed by atoms with Gasteiger partial charge in [0.1, 0.15) is 0 Å². The molecule has 21 heavy (non-hydrogen) atoms. The molecule has 0 radical (unpaired) electrons. The number of amides is 1. The van der Waals surface area contributed by atoms with Gasteiger partial charge in [-0.15, -0.1) is 0 Å². The maximum Gasteiger partial charge on any atom is 0.284 e. The van der Waals surface area contributed by atoms with Crippen molar-refractivity contribution in [3.8, 4) is 0 Å². The molecule has 0 fully saturated rings. The van der Waals surface area contributed by atoms with Crippen LogP contribution in [0.15, 0.2) is 45.3 Å². The minimum absolute atomic E-state index is 0.173. The van der Waals surface area contributed by atoms with Crippen molar-refractivity contribution >= 4 is 60.7 Å². The van der Waals surface area contributed by atoms with Crippen LogP contribution in [0.25, 0.3) is 0 Å². The summed E-state index contributed by atoms with van der Waals surface area (Å²) in [7, 11) is 0. The zero-order chi connectivity index (χ0) is 15.6. The van der Waals surface area contributed by atoms with Gasteiger partial charge in [0.2, 0.25) is 0 Å². The number of nitro benzene ring substituents is 1. The number of halogens is 3. The Kier molecular flexibility index (Phi) is 4.97. The smallest absolute Gasteiger partial charge is 0.284 e. The van der Waals surface area contributed by atoms with Gasteiger partial charge in [-0.2, -0.15) is 0 Å². The lowest BCUT2D eigenvalue weighted by atomic mass is 10.2. The van der Waals surface area contributed by atoms with E-state index in [9.17, 15) is 14.9 Å². The predicted octanol–water partition coefficient (Wildman–Crippen LogP) is 5.03. The first kappa shape index (κ1) is 15.9. The van der Waals surface area contributed by atoms with E-state index in [4.69, 9.17) is 11.6 Å². The van der Waals surface area contributed by atoms with Crippen LogP contribution in [0.2, 0.25) is 5.02 Å². The van der Waals surface area contributed by atoms with Crippen LogP contribution in [0.3, 0.4) is 0 Å². The number of nitrogens with one attached hydrogen (secondary N) is 1. The van der Waals surface area contributed by atoms with Crippen molar-refractivity contribution in [2.24, 2.45) is 0 Å². The molecular formula is C13H7Br2ClN2O3. The molecule has 0 saturated heterocycles. The minimum Gasteiger partial charge on any atom is -0.321 e. The van der Waals surface area contributed by atoms with Crippen molar-refractivity contribution in [2.75, 3.05) is 5.32 Å². The number of hydrogen-bond donors (Lipinski definition) is 1. The van der Waals surface area contributed by atoms with Crippen LogP contribution in [0.4, 0.5) is 11.4 Å². The van der Waals surface area contributed by atoms with Gasteiger partial charge >= 0.3 is 0 Å². The minimum atomic E-state index is -0.559. The van der Waals surface area contributed by atoms with Crippen molar-refractivity contribution in [3.05, 3.63) is 66.0 Å². The third-order valence-corrected chi connectivity index (χ3v) is 4.18. The van der Waals surface area contributed by atoms with Gasteiger partial charge in [-0.1, -0.05) is 11.6 Å². The number of hydrogen-bond acceptors (Lipinski definition) is 3. The zero-order valence-electron chi connectivity index (χ0n) is 10.3. The topological polar surface area (TPSA) is 72.2 Å². The van der Waals surface area contributed by atoms with E-state index in [1.54, 1.807) is 18.2 Å². The summed E-state index contributed by atoms with van der Waals surface area (Å²) in [5.74, 6) is -0.464. The first-order valence-electron chi connectivity index (χ1n) is 5.59. The Morgan fingerprint density at radius 3 is 2.48 bits per heavy atom. The van der Waals surface area contributed by atoms with Gasteiger partial charge in [0, 0.05) is 21.1 Å². The van der Waals surface area contributed by atoms with Gasteiger partial charge in [-0.25, -0.2) is 0 Å². The van der Waals surface area contributed by atoms with Crippen LogP contribution in [0.5, 0.6) is 0 Å². The molecule has 0 atom stereocenters. The van der Waals surface area contributed by atoms with Crippen molar-refractivity contribution in [3.63, 3.8) is 0 Å². The summed E-state index contributed by atoms with van der Waals surface area (Å²) in [5.41, 5.74) is 0.489. The van der Waals surface area contributed by atoms with E-state index in [-0.39, 0.29) is 11.3 Å². The second-order valence-electron chi connectivity index (χ2n) is 4.00. The number of carbonyl (C=O) groups is 1. The third-order valence-electron chi connectivity index (χ3n) is 2.58. The van der Waals surface area contributed by atoms with Gasteiger partial charge in [0.05, 0.1) is 15.1 Å². The monoisotopic (exact) mass is 432 g/mol. The largest absolute Gasteiger partial charge is 0.321 e. The second-order valence-corrected chi connectivity index (χ2v) is 6.15. The average Bonchev–Trinajstić information content (AvgIpc) is 2.43. The van der Waals surface area contributed by atoms with Crippen molar-refractivity contribution in [2.45, 2.75) is 0 Å². The normalized spacial score (nSPS) is 10.2. The molecule has 108 valence electrons. The maximum atomic E-state index is 12.2. The third kappa shape index (κ3) is 3.81. The molecule has 2 aromatic carbocycles. The molecule has 0 spiro atoms. The zero-order valence-corrected chi connectivity index (χ0v) is 14.2. The van der Waals surface area contributed by atoms with Crippen LogP contribution < -0.4 is 5.32 Å². The van der Waals surface area contributed by atoms with Crippen LogP contribution in [-0.2, 0) is 0 Å². The molecule has 2 aromatic rings. The Bertz CT molecular complexity index is 737. The molecule has 0 aliphatic rings. The number of anilines is 1. The summed E-state index contributed by atoms with van der Waals surface area (Å²) in [6.07, 6.45) is 0. The molecule has 8 heteroatoms. The van der Waals surface area contributed by atoms with Crippen molar-refractivity contribution < 1.29 is 9.72 Å². The number of nitrogens with zero attached hydrogens (tertiary/aromatic N) is 1. The molecule has 0 unspecified atom stereocenters.